The highest BCUT2D eigenvalue weighted by Crippen LogP contribution is 2.25. The third kappa shape index (κ3) is 2.51. The zero-order valence-corrected chi connectivity index (χ0v) is 11.3. The zero-order valence-electron chi connectivity index (χ0n) is 10.6. The van der Waals surface area contributed by atoms with Gasteiger partial charge in [-0.25, -0.2) is 9.97 Å². The van der Waals surface area contributed by atoms with Crippen molar-refractivity contribution in [3.05, 3.63) is 59.4 Å². The monoisotopic (exact) mass is 285 g/mol. The van der Waals surface area contributed by atoms with Crippen molar-refractivity contribution in [3.63, 3.8) is 0 Å². The summed E-state index contributed by atoms with van der Waals surface area (Å²) in [6.07, 6.45) is 1.47. The van der Waals surface area contributed by atoms with Crippen LogP contribution in [0.5, 0.6) is 5.88 Å². The summed E-state index contributed by atoms with van der Waals surface area (Å²) in [4.78, 5) is 8.34. The van der Waals surface area contributed by atoms with Gasteiger partial charge in [0.15, 0.2) is 0 Å². The fourth-order valence-electron chi connectivity index (χ4n) is 1.93. The third-order valence-corrected chi connectivity index (χ3v) is 3.31. The van der Waals surface area contributed by atoms with E-state index in [-0.39, 0.29) is 0 Å². The van der Waals surface area contributed by atoms with Crippen LogP contribution in [0.3, 0.4) is 0 Å². The van der Waals surface area contributed by atoms with Crippen molar-refractivity contribution in [2.75, 3.05) is 5.73 Å². The Bertz CT molecular complexity index is 761. The molecule has 0 aliphatic carbocycles. The minimum Gasteiger partial charge on any atom is -0.472 e. The van der Waals surface area contributed by atoms with Gasteiger partial charge in [0.05, 0.1) is 10.9 Å². The average molecular weight is 286 g/mol. The number of aromatic nitrogens is 2. The lowest BCUT2D eigenvalue weighted by Gasteiger charge is -2.09. The molecule has 20 heavy (non-hydrogen) atoms. The zero-order chi connectivity index (χ0) is 13.9. The lowest BCUT2D eigenvalue weighted by molar-refractivity contribution is 0.297. The lowest BCUT2D eigenvalue weighted by Crippen LogP contribution is -1.99. The molecule has 0 bridgehead atoms. The smallest absolute Gasteiger partial charge is 0.224 e. The summed E-state index contributed by atoms with van der Waals surface area (Å²) in [6, 6.07) is 13.0. The number of nitrogens with zero attached hydrogens (tertiary/aromatic N) is 2. The van der Waals surface area contributed by atoms with Crippen molar-refractivity contribution >= 4 is 28.2 Å². The first-order chi connectivity index (χ1) is 9.74. The molecule has 0 amide bonds. The molecule has 2 N–H and O–H groups in total. The Morgan fingerprint density at radius 1 is 1.10 bits per heavy atom. The highest BCUT2D eigenvalue weighted by Gasteiger charge is 2.07. The van der Waals surface area contributed by atoms with Crippen molar-refractivity contribution in [3.8, 4) is 5.88 Å². The Labute approximate surface area is 121 Å². The molecule has 3 aromatic rings. The van der Waals surface area contributed by atoms with E-state index in [0.29, 0.717) is 23.2 Å². The average Bonchev–Trinajstić information content (AvgIpc) is 2.46. The topological polar surface area (TPSA) is 61.0 Å². The molecule has 0 fully saturated rings. The maximum absolute atomic E-state index is 6.10. The first kappa shape index (κ1) is 12.7. The highest BCUT2D eigenvalue weighted by molar-refractivity contribution is 6.31. The number of rotatable bonds is 3. The van der Waals surface area contributed by atoms with Crippen LogP contribution >= 0.6 is 11.6 Å². The number of nitrogen functional groups attached to an aromatic ring is 1. The number of benzene rings is 2. The quantitative estimate of drug-likeness (QED) is 0.749. The van der Waals surface area contributed by atoms with Crippen LogP contribution in [0.15, 0.2) is 48.8 Å². The molecule has 4 nitrogen and oxygen atoms in total. The van der Waals surface area contributed by atoms with E-state index in [1.165, 1.54) is 6.33 Å². The minimum atomic E-state index is 0.348. The molecule has 0 saturated heterocycles. The van der Waals surface area contributed by atoms with Gasteiger partial charge in [-0.05, 0) is 24.3 Å². The van der Waals surface area contributed by atoms with Gasteiger partial charge in [0.2, 0.25) is 5.88 Å². The minimum absolute atomic E-state index is 0.348. The van der Waals surface area contributed by atoms with E-state index < -0.39 is 0 Å². The number of hydrogen-bond donors (Lipinski definition) is 1. The van der Waals surface area contributed by atoms with Gasteiger partial charge in [0.25, 0.3) is 0 Å². The number of ether oxygens (including phenoxy) is 1. The fourth-order valence-corrected chi connectivity index (χ4v) is 2.12. The normalized spacial score (nSPS) is 10.7. The van der Waals surface area contributed by atoms with Crippen molar-refractivity contribution in [1.82, 2.24) is 9.97 Å². The van der Waals surface area contributed by atoms with Crippen LogP contribution in [0, 0.1) is 0 Å². The van der Waals surface area contributed by atoms with Crippen molar-refractivity contribution in [1.29, 1.82) is 0 Å². The van der Waals surface area contributed by atoms with Crippen LogP contribution < -0.4 is 10.5 Å². The third-order valence-electron chi connectivity index (χ3n) is 2.95. The van der Waals surface area contributed by atoms with Gasteiger partial charge in [-0.1, -0.05) is 29.8 Å². The summed E-state index contributed by atoms with van der Waals surface area (Å²) in [5.74, 6) is 0.502. The number of anilines is 1. The summed E-state index contributed by atoms with van der Waals surface area (Å²) >= 11 is 6.10. The van der Waals surface area contributed by atoms with Crippen LogP contribution in [0.2, 0.25) is 5.02 Å². The molecule has 0 atom stereocenters. The van der Waals surface area contributed by atoms with Gasteiger partial charge in [-0.3, -0.25) is 0 Å². The van der Waals surface area contributed by atoms with E-state index in [1.54, 1.807) is 12.1 Å². The van der Waals surface area contributed by atoms with Crippen LogP contribution in [0.1, 0.15) is 5.56 Å². The molecule has 1 aromatic heterocycles. The standard InChI is InChI=1S/C15H12ClN3O/c16-13-4-2-1-3-10(13)8-20-15-12-7-11(17)5-6-14(12)18-9-19-15/h1-7,9H,8,17H2. The molecular formula is C15H12ClN3O. The molecule has 0 unspecified atom stereocenters. The molecule has 3 rings (SSSR count). The second kappa shape index (κ2) is 5.35. The molecule has 0 saturated carbocycles. The van der Waals surface area contributed by atoms with Crippen molar-refractivity contribution < 1.29 is 4.74 Å². The van der Waals surface area contributed by atoms with Gasteiger partial charge in [-0.15, -0.1) is 0 Å². The largest absolute Gasteiger partial charge is 0.472 e. The van der Waals surface area contributed by atoms with Crippen LogP contribution in [0.25, 0.3) is 10.9 Å². The fraction of sp³-hybridized carbons (Fsp3) is 0.0667. The molecule has 0 aliphatic heterocycles. The SMILES string of the molecule is Nc1ccc2ncnc(OCc3ccccc3Cl)c2c1. The molecule has 0 spiro atoms. The van der Waals surface area contributed by atoms with Crippen LogP contribution in [-0.4, -0.2) is 9.97 Å². The highest BCUT2D eigenvalue weighted by atomic mass is 35.5. The van der Waals surface area contributed by atoms with E-state index in [0.717, 1.165) is 16.5 Å². The Balaban J connectivity index is 1.91. The first-order valence-electron chi connectivity index (χ1n) is 6.10. The van der Waals surface area contributed by atoms with E-state index >= 15 is 0 Å². The Hall–Kier alpha value is -2.33. The van der Waals surface area contributed by atoms with Crippen LogP contribution in [0.4, 0.5) is 5.69 Å². The van der Waals surface area contributed by atoms with Gasteiger partial charge >= 0.3 is 0 Å². The number of hydrogen-bond acceptors (Lipinski definition) is 4. The predicted molar refractivity (Wildman–Crippen MR) is 79.7 cm³/mol. The molecule has 2 aromatic carbocycles. The number of halogens is 1. The summed E-state index contributed by atoms with van der Waals surface area (Å²) in [5.41, 5.74) is 8.14. The maximum Gasteiger partial charge on any atom is 0.224 e. The van der Waals surface area contributed by atoms with E-state index in [2.05, 4.69) is 9.97 Å². The molecule has 5 heteroatoms. The Morgan fingerprint density at radius 2 is 1.95 bits per heavy atom. The second-order valence-electron chi connectivity index (χ2n) is 4.34. The van der Waals surface area contributed by atoms with Gasteiger partial charge < -0.3 is 10.5 Å². The van der Waals surface area contributed by atoms with Crippen molar-refractivity contribution in [2.45, 2.75) is 6.61 Å². The molecular weight excluding hydrogens is 274 g/mol. The van der Waals surface area contributed by atoms with Gasteiger partial charge in [0.1, 0.15) is 12.9 Å². The van der Waals surface area contributed by atoms with E-state index in [4.69, 9.17) is 22.1 Å². The lowest BCUT2D eigenvalue weighted by atomic mass is 10.2. The number of nitrogens with two attached hydrogens (primary N) is 1. The molecule has 0 radical (unpaired) electrons. The van der Waals surface area contributed by atoms with Crippen LogP contribution in [-0.2, 0) is 6.61 Å². The molecule has 0 aliphatic rings. The summed E-state index contributed by atoms with van der Waals surface area (Å²) in [6.45, 7) is 0.348. The van der Waals surface area contributed by atoms with Gasteiger partial charge in [-0.2, -0.15) is 0 Å². The predicted octanol–water partition coefficient (Wildman–Crippen LogP) is 3.44. The van der Waals surface area contributed by atoms with Crippen molar-refractivity contribution in [2.24, 2.45) is 0 Å². The summed E-state index contributed by atoms with van der Waals surface area (Å²) in [5, 5.41) is 1.46. The second-order valence-corrected chi connectivity index (χ2v) is 4.74. The Morgan fingerprint density at radius 3 is 2.80 bits per heavy atom. The summed E-state index contributed by atoms with van der Waals surface area (Å²) < 4.78 is 5.75. The number of fused-ring (bicyclic) bond motifs is 1. The first-order valence-corrected chi connectivity index (χ1v) is 6.48. The maximum atomic E-state index is 6.10. The molecule has 1 heterocycles. The molecule has 100 valence electrons. The van der Waals surface area contributed by atoms with E-state index in [1.807, 2.05) is 30.3 Å². The van der Waals surface area contributed by atoms with E-state index in [9.17, 15) is 0 Å². The van der Waals surface area contributed by atoms with Gasteiger partial charge in [0, 0.05) is 16.3 Å². The Kier molecular flexibility index (Phi) is 3.39. The summed E-state index contributed by atoms with van der Waals surface area (Å²) in [7, 11) is 0.